The smallest absolute Gasteiger partial charge is 0.163 e. The van der Waals surface area contributed by atoms with Gasteiger partial charge in [0, 0.05) is 11.6 Å². The Kier molecular flexibility index (Phi) is 3.13. The highest BCUT2D eigenvalue weighted by Crippen LogP contribution is 2.62. The molecule has 3 nitrogen and oxygen atoms in total. The van der Waals surface area contributed by atoms with Crippen LogP contribution in [0.3, 0.4) is 0 Å². The number of halogens is 1. The SMILES string of the molecule is COc1cc(F)c(C(O)C2C3CCCC32)cc1OC. The molecule has 4 heteroatoms. The van der Waals surface area contributed by atoms with Crippen molar-refractivity contribution in [3.8, 4) is 11.5 Å². The summed E-state index contributed by atoms with van der Waals surface area (Å²) in [6.07, 6.45) is 2.85. The van der Waals surface area contributed by atoms with E-state index in [1.54, 1.807) is 6.07 Å². The van der Waals surface area contributed by atoms with Crippen molar-refractivity contribution >= 4 is 0 Å². The van der Waals surface area contributed by atoms with Gasteiger partial charge in [-0.2, -0.15) is 0 Å². The van der Waals surface area contributed by atoms with E-state index in [9.17, 15) is 9.50 Å². The van der Waals surface area contributed by atoms with Gasteiger partial charge in [0.2, 0.25) is 0 Å². The van der Waals surface area contributed by atoms with Gasteiger partial charge in [-0.3, -0.25) is 0 Å². The van der Waals surface area contributed by atoms with Crippen LogP contribution in [0.4, 0.5) is 4.39 Å². The fraction of sp³-hybridized carbons (Fsp3) is 0.600. The molecule has 2 aliphatic rings. The van der Waals surface area contributed by atoms with E-state index in [2.05, 4.69) is 0 Å². The minimum absolute atomic E-state index is 0.223. The molecule has 2 aliphatic carbocycles. The Morgan fingerprint density at radius 2 is 1.74 bits per heavy atom. The van der Waals surface area contributed by atoms with Crippen molar-refractivity contribution in [3.05, 3.63) is 23.5 Å². The van der Waals surface area contributed by atoms with Crippen molar-refractivity contribution in [1.82, 2.24) is 0 Å². The number of benzene rings is 1. The third-order valence-corrected chi connectivity index (χ3v) is 4.66. The van der Waals surface area contributed by atoms with E-state index in [-0.39, 0.29) is 5.92 Å². The summed E-state index contributed by atoms with van der Waals surface area (Å²) >= 11 is 0. The number of rotatable bonds is 4. The van der Waals surface area contributed by atoms with Gasteiger partial charge in [0.25, 0.3) is 0 Å². The average Bonchev–Trinajstić information content (AvgIpc) is 2.90. The number of aliphatic hydroxyl groups is 1. The van der Waals surface area contributed by atoms with Crippen molar-refractivity contribution < 1.29 is 19.0 Å². The van der Waals surface area contributed by atoms with Gasteiger partial charge in [-0.1, -0.05) is 6.42 Å². The van der Waals surface area contributed by atoms with Gasteiger partial charge in [0.15, 0.2) is 11.5 Å². The number of hydrogen-bond acceptors (Lipinski definition) is 3. The molecule has 0 amide bonds. The molecule has 0 aromatic heterocycles. The number of ether oxygens (including phenoxy) is 2. The molecule has 1 aromatic rings. The van der Waals surface area contributed by atoms with Crippen LogP contribution in [0.25, 0.3) is 0 Å². The van der Waals surface area contributed by atoms with Gasteiger partial charge in [-0.05, 0) is 36.7 Å². The standard InChI is InChI=1S/C15H19FO3/c1-18-12-6-10(11(16)7-13(12)19-2)15(17)14-8-4-3-5-9(8)14/h6-9,14-15,17H,3-5H2,1-2H3. The molecule has 3 atom stereocenters. The maximum atomic E-state index is 14.1. The second-order valence-electron chi connectivity index (χ2n) is 5.51. The van der Waals surface area contributed by atoms with Crippen molar-refractivity contribution in [1.29, 1.82) is 0 Å². The molecule has 3 unspecified atom stereocenters. The van der Waals surface area contributed by atoms with Crippen LogP contribution in [-0.2, 0) is 0 Å². The van der Waals surface area contributed by atoms with Crippen LogP contribution in [0.1, 0.15) is 30.9 Å². The molecule has 1 N–H and O–H groups in total. The van der Waals surface area contributed by atoms with Crippen LogP contribution in [-0.4, -0.2) is 19.3 Å². The monoisotopic (exact) mass is 266 g/mol. The summed E-state index contributed by atoms with van der Waals surface area (Å²) in [5, 5.41) is 10.4. The summed E-state index contributed by atoms with van der Waals surface area (Å²) in [6.45, 7) is 0. The number of fused-ring (bicyclic) bond motifs is 1. The van der Waals surface area contributed by atoms with Crippen LogP contribution in [0.15, 0.2) is 12.1 Å². The third kappa shape index (κ3) is 1.98. The summed E-state index contributed by atoms with van der Waals surface area (Å²) in [4.78, 5) is 0. The predicted molar refractivity (Wildman–Crippen MR) is 68.8 cm³/mol. The van der Waals surface area contributed by atoms with Crippen LogP contribution in [0.2, 0.25) is 0 Å². The van der Waals surface area contributed by atoms with E-state index >= 15 is 0 Å². The Balaban J connectivity index is 1.87. The van der Waals surface area contributed by atoms with Gasteiger partial charge in [0.1, 0.15) is 5.82 Å². The lowest BCUT2D eigenvalue weighted by Gasteiger charge is -2.16. The van der Waals surface area contributed by atoms with Gasteiger partial charge in [0.05, 0.1) is 20.3 Å². The Hall–Kier alpha value is -1.29. The quantitative estimate of drug-likeness (QED) is 0.910. The molecule has 0 aliphatic heterocycles. The maximum Gasteiger partial charge on any atom is 0.163 e. The molecular formula is C15H19FO3. The summed E-state index contributed by atoms with van der Waals surface area (Å²) in [5.74, 6) is 1.79. The highest BCUT2D eigenvalue weighted by Gasteiger charge is 2.56. The molecule has 19 heavy (non-hydrogen) atoms. The van der Waals surface area contributed by atoms with Gasteiger partial charge in [-0.15, -0.1) is 0 Å². The summed E-state index contributed by atoms with van der Waals surface area (Å²) in [6, 6.07) is 2.85. The van der Waals surface area contributed by atoms with Gasteiger partial charge in [-0.25, -0.2) is 4.39 Å². The van der Waals surface area contributed by atoms with Crippen molar-refractivity contribution in [2.24, 2.45) is 17.8 Å². The van der Waals surface area contributed by atoms with E-state index in [1.165, 1.54) is 39.5 Å². The Labute approximate surface area is 112 Å². The summed E-state index contributed by atoms with van der Waals surface area (Å²) < 4.78 is 24.3. The lowest BCUT2D eigenvalue weighted by molar-refractivity contribution is 0.132. The molecular weight excluding hydrogens is 247 g/mol. The van der Waals surface area contributed by atoms with Gasteiger partial charge >= 0.3 is 0 Å². The first-order valence-electron chi connectivity index (χ1n) is 6.77. The average molecular weight is 266 g/mol. The van der Waals surface area contributed by atoms with E-state index in [0.717, 1.165) is 0 Å². The second kappa shape index (κ2) is 4.67. The largest absolute Gasteiger partial charge is 0.493 e. The lowest BCUT2D eigenvalue weighted by atomic mass is 9.98. The number of methoxy groups -OCH3 is 2. The molecule has 1 aromatic carbocycles. The molecule has 0 bridgehead atoms. The molecule has 0 saturated heterocycles. The zero-order valence-corrected chi connectivity index (χ0v) is 11.2. The van der Waals surface area contributed by atoms with Gasteiger partial charge < -0.3 is 14.6 Å². The lowest BCUT2D eigenvalue weighted by Crippen LogP contribution is -2.07. The van der Waals surface area contributed by atoms with E-state index in [0.29, 0.717) is 28.9 Å². The Bertz CT molecular complexity index is 479. The topological polar surface area (TPSA) is 38.7 Å². The Morgan fingerprint density at radius 1 is 1.16 bits per heavy atom. The molecule has 0 radical (unpaired) electrons. The molecule has 3 rings (SSSR count). The first-order valence-corrected chi connectivity index (χ1v) is 6.77. The maximum absolute atomic E-state index is 14.1. The fourth-order valence-electron chi connectivity index (χ4n) is 3.65. The molecule has 0 spiro atoms. The summed E-state index contributed by atoms with van der Waals surface area (Å²) in [7, 11) is 2.98. The third-order valence-electron chi connectivity index (χ3n) is 4.66. The molecule has 2 saturated carbocycles. The number of aliphatic hydroxyl groups excluding tert-OH is 1. The zero-order chi connectivity index (χ0) is 13.6. The van der Waals surface area contributed by atoms with E-state index < -0.39 is 11.9 Å². The van der Waals surface area contributed by atoms with Crippen LogP contribution < -0.4 is 9.47 Å². The van der Waals surface area contributed by atoms with Crippen LogP contribution in [0.5, 0.6) is 11.5 Å². The first kappa shape index (κ1) is 12.7. The van der Waals surface area contributed by atoms with Crippen molar-refractivity contribution in [3.63, 3.8) is 0 Å². The van der Waals surface area contributed by atoms with E-state index in [4.69, 9.17) is 9.47 Å². The molecule has 0 heterocycles. The van der Waals surface area contributed by atoms with Crippen molar-refractivity contribution in [2.75, 3.05) is 14.2 Å². The van der Waals surface area contributed by atoms with Crippen LogP contribution >= 0.6 is 0 Å². The van der Waals surface area contributed by atoms with Crippen molar-refractivity contribution in [2.45, 2.75) is 25.4 Å². The van der Waals surface area contributed by atoms with E-state index in [1.807, 2.05) is 0 Å². The zero-order valence-electron chi connectivity index (χ0n) is 11.2. The van der Waals surface area contributed by atoms with Crippen LogP contribution in [0, 0.1) is 23.6 Å². The minimum atomic E-state index is -0.727. The summed E-state index contributed by atoms with van der Waals surface area (Å²) in [5.41, 5.74) is 0.331. The predicted octanol–water partition coefficient (Wildman–Crippen LogP) is 2.92. The Morgan fingerprint density at radius 3 is 2.32 bits per heavy atom. The fourth-order valence-corrected chi connectivity index (χ4v) is 3.65. The highest BCUT2D eigenvalue weighted by atomic mass is 19.1. The molecule has 2 fully saturated rings. The minimum Gasteiger partial charge on any atom is -0.493 e. The normalized spacial score (nSPS) is 29.8. The number of hydrogen-bond donors (Lipinski definition) is 1. The highest BCUT2D eigenvalue weighted by molar-refractivity contribution is 5.45. The second-order valence-corrected chi connectivity index (χ2v) is 5.51. The molecule has 104 valence electrons. The first-order chi connectivity index (χ1) is 9.17.